The smallest absolute Gasteiger partial charge is 0.241 e. The van der Waals surface area contributed by atoms with Gasteiger partial charge in [0.15, 0.2) is 0 Å². The van der Waals surface area contributed by atoms with Crippen molar-refractivity contribution in [3.8, 4) is 0 Å². The summed E-state index contributed by atoms with van der Waals surface area (Å²) < 4.78 is 28.0. The molecule has 2 rings (SSSR count). The molecule has 0 radical (unpaired) electrons. The largest absolute Gasteiger partial charge is 0.326 e. The Hall–Kier alpha value is -0.910. The van der Waals surface area contributed by atoms with Crippen LogP contribution in [0.15, 0.2) is 23.1 Å². The summed E-state index contributed by atoms with van der Waals surface area (Å²) in [7, 11) is -3.44. The van der Waals surface area contributed by atoms with Crippen LogP contribution in [0, 0.1) is 6.92 Å². The SMILES string of the molecule is Cc1c(CN)cccc1S(=O)(=O)NC1CCCCCC1. The van der Waals surface area contributed by atoms with Crippen molar-refractivity contribution >= 4 is 10.0 Å². The molecule has 1 aromatic rings. The fourth-order valence-corrected chi connectivity index (χ4v) is 4.45. The molecule has 0 amide bonds. The van der Waals surface area contributed by atoms with Gasteiger partial charge in [-0.15, -0.1) is 0 Å². The van der Waals surface area contributed by atoms with Gasteiger partial charge in [-0.3, -0.25) is 0 Å². The molecule has 0 aromatic heterocycles. The van der Waals surface area contributed by atoms with Crippen LogP contribution in [-0.2, 0) is 16.6 Å². The standard InChI is InChI=1S/C15H24N2O2S/c1-12-13(11-16)7-6-10-15(12)20(18,19)17-14-8-4-2-3-5-9-14/h6-7,10,14,17H,2-5,8-9,11,16H2,1H3. The molecule has 1 fully saturated rings. The van der Waals surface area contributed by atoms with Crippen molar-refractivity contribution in [2.75, 3.05) is 0 Å². The van der Waals surface area contributed by atoms with E-state index in [1.807, 2.05) is 13.0 Å². The Bertz CT molecular complexity index is 547. The van der Waals surface area contributed by atoms with Gasteiger partial charge in [0.2, 0.25) is 10.0 Å². The predicted octanol–water partition coefficient (Wildman–Crippen LogP) is 2.45. The first-order chi connectivity index (χ1) is 9.54. The highest BCUT2D eigenvalue weighted by Gasteiger charge is 2.23. The highest BCUT2D eigenvalue weighted by atomic mass is 32.2. The minimum Gasteiger partial charge on any atom is -0.326 e. The van der Waals surface area contributed by atoms with Crippen LogP contribution in [-0.4, -0.2) is 14.5 Å². The molecule has 0 aliphatic heterocycles. The zero-order chi connectivity index (χ0) is 14.6. The molecule has 0 heterocycles. The second-order valence-corrected chi connectivity index (χ2v) is 7.24. The fraction of sp³-hybridized carbons (Fsp3) is 0.600. The first-order valence-electron chi connectivity index (χ1n) is 7.35. The van der Waals surface area contributed by atoms with Crippen LogP contribution >= 0.6 is 0 Å². The molecule has 0 atom stereocenters. The zero-order valence-electron chi connectivity index (χ0n) is 12.1. The minimum absolute atomic E-state index is 0.0726. The Labute approximate surface area is 121 Å². The maximum absolute atomic E-state index is 12.5. The van der Waals surface area contributed by atoms with Crippen LogP contribution in [0.1, 0.15) is 49.7 Å². The van der Waals surface area contributed by atoms with Gasteiger partial charge in [-0.1, -0.05) is 37.8 Å². The molecule has 0 spiro atoms. The van der Waals surface area contributed by atoms with Crippen molar-refractivity contribution in [3.63, 3.8) is 0 Å². The molecule has 3 N–H and O–H groups in total. The predicted molar refractivity (Wildman–Crippen MR) is 80.9 cm³/mol. The molecular formula is C15H24N2O2S. The molecule has 0 unspecified atom stereocenters. The van der Waals surface area contributed by atoms with E-state index in [2.05, 4.69) is 4.72 Å². The Morgan fingerprint density at radius 2 is 1.85 bits per heavy atom. The Morgan fingerprint density at radius 3 is 2.45 bits per heavy atom. The molecule has 1 aromatic carbocycles. The lowest BCUT2D eigenvalue weighted by molar-refractivity contribution is 0.509. The van der Waals surface area contributed by atoms with Crippen molar-refractivity contribution in [1.29, 1.82) is 0 Å². The molecule has 4 nitrogen and oxygen atoms in total. The quantitative estimate of drug-likeness (QED) is 0.838. The van der Waals surface area contributed by atoms with Gasteiger partial charge in [0.05, 0.1) is 4.90 Å². The van der Waals surface area contributed by atoms with Crippen LogP contribution < -0.4 is 10.5 Å². The van der Waals surface area contributed by atoms with E-state index in [1.165, 1.54) is 12.8 Å². The van der Waals surface area contributed by atoms with E-state index < -0.39 is 10.0 Å². The fourth-order valence-electron chi connectivity index (χ4n) is 2.85. The molecule has 20 heavy (non-hydrogen) atoms. The van der Waals surface area contributed by atoms with E-state index in [4.69, 9.17) is 5.73 Å². The number of hydrogen-bond donors (Lipinski definition) is 2. The highest BCUT2D eigenvalue weighted by Crippen LogP contribution is 2.22. The van der Waals surface area contributed by atoms with Gasteiger partial charge in [0, 0.05) is 12.6 Å². The van der Waals surface area contributed by atoms with Gasteiger partial charge >= 0.3 is 0 Å². The second-order valence-electron chi connectivity index (χ2n) is 5.55. The lowest BCUT2D eigenvalue weighted by atomic mass is 10.1. The van der Waals surface area contributed by atoms with Gasteiger partial charge < -0.3 is 5.73 Å². The summed E-state index contributed by atoms with van der Waals surface area (Å²) in [5, 5.41) is 0. The minimum atomic E-state index is -3.44. The zero-order valence-corrected chi connectivity index (χ0v) is 12.9. The summed E-state index contributed by atoms with van der Waals surface area (Å²) >= 11 is 0. The number of rotatable bonds is 4. The lowest BCUT2D eigenvalue weighted by Gasteiger charge is -2.18. The number of benzene rings is 1. The van der Waals surface area contributed by atoms with Crippen LogP contribution in [0.2, 0.25) is 0 Å². The van der Waals surface area contributed by atoms with Crippen molar-refractivity contribution in [2.45, 2.75) is 62.9 Å². The molecule has 1 aliphatic rings. The van der Waals surface area contributed by atoms with Crippen LogP contribution in [0.3, 0.4) is 0 Å². The van der Waals surface area contributed by atoms with E-state index in [0.717, 1.165) is 36.8 Å². The first-order valence-corrected chi connectivity index (χ1v) is 8.84. The third-order valence-electron chi connectivity index (χ3n) is 4.08. The summed E-state index contributed by atoms with van der Waals surface area (Å²) in [6.45, 7) is 2.18. The third-order valence-corrected chi connectivity index (χ3v) is 5.75. The number of hydrogen-bond acceptors (Lipinski definition) is 3. The van der Waals surface area contributed by atoms with Crippen molar-refractivity contribution < 1.29 is 8.42 Å². The van der Waals surface area contributed by atoms with Gasteiger partial charge in [-0.05, 0) is 37.0 Å². The Morgan fingerprint density at radius 1 is 1.20 bits per heavy atom. The summed E-state index contributed by atoms with van der Waals surface area (Å²) in [5.41, 5.74) is 7.30. The summed E-state index contributed by atoms with van der Waals surface area (Å²) in [6.07, 6.45) is 6.51. The maximum atomic E-state index is 12.5. The van der Waals surface area contributed by atoms with Gasteiger partial charge in [-0.2, -0.15) is 0 Å². The Balaban J connectivity index is 2.21. The third kappa shape index (κ3) is 3.59. The monoisotopic (exact) mass is 296 g/mol. The van der Waals surface area contributed by atoms with Gasteiger partial charge in [-0.25, -0.2) is 13.1 Å². The van der Waals surface area contributed by atoms with Crippen molar-refractivity contribution in [3.05, 3.63) is 29.3 Å². The second kappa shape index (κ2) is 6.70. The van der Waals surface area contributed by atoms with Crippen molar-refractivity contribution in [1.82, 2.24) is 4.72 Å². The summed E-state index contributed by atoms with van der Waals surface area (Å²) in [5.74, 6) is 0. The van der Waals surface area contributed by atoms with E-state index in [9.17, 15) is 8.42 Å². The Kier molecular flexibility index (Phi) is 5.18. The first kappa shape index (κ1) is 15.5. The normalized spacial score (nSPS) is 17.9. The summed E-state index contributed by atoms with van der Waals surface area (Å²) in [6, 6.07) is 5.37. The van der Waals surface area contributed by atoms with Gasteiger partial charge in [0.25, 0.3) is 0 Å². The molecule has 1 saturated carbocycles. The molecule has 0 bridgehead atoms. The number of sulfonamides is 1. The van der Waals surface area contributed by atoms with Crippen molar-refractivity contribution in [2.24, 2.45) is 5.73 Å². The number of nitrogens with one attached hydrogen (secondary N) is 1. The number of nitrogens with two attached hydrogens (primary N) is 1. The van der Waals surface area contributed by atoms with Crippen LogP contribution in [0.25, 0.3) is 0 Å². The molecule has 0 saturated heterocycles. The average Bonchev–Trinajstić information content (AvgIpc) is 2.67. The maximum Gasteiger partial charge on any atom is 0.241 e. The highest BCUT2D eigenvalue weighted by molar-refractivity contribution is 7.89. The molecule has 1 aliphatic carbocycles. The molecule has 5 heteroatoms. The van der Waals surface area contributed by atoms with E-state index in [0.29, 0.717) is 11.4 Å². The van der Waals surface area contributed by atoms with Crippen LogP contribution in [0.5, 0.6) is 0 Å². The topological polar surface area (TPSA) is 72.2 Å². The van der Waals surface area contributed by atoms with E-state index in [-0.39, 0.29) is 6.04 Å². The average molecular weight is 296 g/mol. The molecule has 112 valence electrons. The van der Waals surface area contributed by atoms with E-state index >= 15 is 0 Å². The molecular weight excluding hydrogens is 272 g/mol. The van der Waals surface area contributed by atoms with E-state index in [1.54, 1.807) is 12.1 Å². The summed E-state index contributed by atoms with van der Waals surface area (Å²) in [4.78, 5) is 0.365. The lowest BCUT2D eigenvalue weighted by Crippen LogP contribution is -2.34. The van der Waals surface area contributed by atoms with Crippen LogP contribution in [0.4, 0.5) is 0 Å². The van der Waals surface area contributed by atoms with Gasteiger partial charge in [0.1, 0.15) is 0 Å².